The first kappa shape index (κ1) is 33.4. The van der Waals surface area contributed by atoms with Crippen LogP contribution in [0, 0.1) is 0 Å². The molecule has 2 heterocycles. The number of para-hydroxylation sites is 1. The lowest BCUT2D eigenvalue weighted by Gasteiger charge is -2.25. The van der Waals surface area contributed by atoms with Gasteiger partial charge in [0.05, 0.1) is 12.4 Å². The molecule has 13 heteroatoms. The summed E-state index contributed by atoms with van der Waals surface area (Å²) in [5.41, 5.74) is 9.92. The van der Waals surface area contributed by atoms with Gasteiger partial charge < -0.3 is 41.9 Å². The van der Waals surface area contributed by atoms with E-state index in [0.717, 1.165) is 16.5 Å². The van der Waals surface area contributed by atoms with Gasteiger partial charge in [0.25, 0.3) is 0 Å². The van der Waals surface area contributed by atoms with Crippen molar-refractivity contribution in [1.82, 2.24) is 30.9 Å². The minimum atomic E-state index is -1.27. The molecule has 0 aliphatic rings. The molecule has 0 aliphatic heterocycles. The van der Waals surface area contributed by atoms with Crippen LogP contribution < -0.4 is 21.7 Å². The van der Waals surface area contributed by atoms with E-state index in [-0.39, 0.29) is 31.4 Å². The van der Waals surface area contributed by atoms with E-state index in [4.69, 9.17) is 5.73 Å². The number of carboxylic acid groups (broad SMARTS) is 1. The fourth-order valence-corrected chi connectivity index (χ4v) is 5.41. The number of aliphatic carboxylic acids is 1. The number of H-pyrrole nitrogens is 2. The third-order valence-corrected chi connectivity index (χ3v) is 7.97. The Balaban J connectivity index is 1.34. The van der Waals surface area contributed by atoms with Crippen LogP contribution in [0.5, 0.6) is 5.75 Å². The van der Waals surface area contributed by atoms with Gasteiger partial charge in [-0.3, -0.25) is 14.4 Å². The number of fused-ring (bicyclic) bond motifs is 1. The topological polar surface area (TPSA) is 215 Å². The average molecular weight is 652 g/mol. The maximum Gasteiger partial charge on any atom is 0.326 e. The zero-order chi connectivity index (χ0) is 34.0. The Labute approximate surface area is 276 Å². The maximum absolute atomic E-state index is 13.9. The summed E-state index contributed by atoms with van der Waals surface area (Å²) >= 11 is 0. The van der Waals surface area contributed by atoms with Crippen molar-refractivity contribution in [1.29, 1.82) is 0 Å². The van der Waals surface area contributed by atoms with Gasteiger partial charge in [0.2, 0.25) is 17.7 Å². The SMILES string of the molecule is NC(Cc1c[nH]c2ccccc12)C(=O)NC(Cc1ccc(O)cc1)C(=O)NC(Cc1cnc[nH]1)C(=O)NC(Cc1ccccc1)C(=O)O. The number of aromatic amines is 2. The lowest BCUT2D eigenvalue weighted by Crippen LogP contribution is -2.58. The molecule has 0 saturated carbocycles. The number of imidazole rings is 1. The second kappa shape index (κ2) is 15.6. The van der Waals surface area contributed by atoms with Gasteiger partial charge in [0.1, 0.15) is 23.9 Å². The molecular formula is C35H37N7O6. The third kappa shape index (κ3) is 8.85. The summed E-state index contributed by atoms with van der Waals surface area (Å²) in [7, 11) is 0. The predicted octanol–water partition coefficient (Wildman–Crippen LogP) is 1.73. The number of amides is 3. The number of benzene rings is 3. The number of hydrogen-bond acceptors (Lipinski definition) is 7. The summed E-state index contributed by atoms with van der Waals surface area (Å²) < 4.78 is 0. The highest BCUT2D eigenvalue weighted by molar-refractivity contribution is 5.94. The van der Waals surface area contributed by atoms with Crippen molar-refractivity contribution in [2.24, 2.45) is 5.73 Å². The molecule has 0 bridgehead atoms. The first-order valence-electron chi connectivity index (χ1n) is 15.4. The fraction of sp³-hybridized carbons (Fsp3) is 0.229. The third-order valence-electron chi connectivity index (χ3n) is 7.97. The zero-order valence-corrected chi connectivity index (χ0v) is 25.9. The molecule has 48 heavy (non-hydrogen) atoms. The number of carbonyl (C=O) groups excluding carboxylic acids is 3. The number of carbonyl (C=O) groups is 4. The van der Waals surface area contributed by atoms with Crippen LogP contribution in [-0.4, -0.2) is 73.0 Å². The summed E-state index contributed by atoms with van der Waals surface area (Å²) in [6.07, 6.45) is 4.91. The van der Waals surface area contributed by atoms with Gasteiger partial charge in [-0.05, 0) is 41.3 Å². The van der Waals surface area contributed by atoms with Crippen LogP contribution in [0.2, 0.25) is 0 Å². The van der Waals surface area contributed by atoms with Crippen LogP contribution >= 0.6 is 0 Å². The van der Waals surface area contributed by atoms with Crippen LogP contribution in [0.1, 0.15) is 22.4 Å². The van der Waals surface area contributed by atoms with Crippen molar-refractivity contribution >= 4 is 34.6 Å². The van der Waals surface area contributed by atoms with Crippen LogP contribution in [0.15, 0.2) is 97.6 Å². The Morgan fingerprint density at radius 3 is 2.00 bits per heavy atom. The highest BCUT2D eigenvalue weighted by atomic mass is 16.4. The number of rotatable bonds is 15. The second-order valence-corrected chi connectivity index (χ2v) is 11.5. The molecule has 0 aliphatic carbocycles. The van der Waals surface area contributed by atoms with Gasteiger partial charge in [-0.1, -0.05) is 60.7 Å². The number of hydrogen-bond donors (Lipinski definition) is 8. The molecule has 3 amide bonds. The van der Waals surface area contributed by atoms with Crippen molar-refractivity contribution in [2.75, 3.05) is 0 Å². The number of phenols is 1. The molecule has 5 rings (SSSR count). The first-order valence-corrected chi connectivity index (χ1v) is 15.4. The van der Waals surface area contributed by atoms with Crippen LogP contribution in [0.25, 0.3) is 10.9 Å². The smallest absolute Gasteiger partial charge is 0.326 e. The number of nitrogens with two attached hydrogens (primary N) is 1. The Kier molecular flexibility index (Phi) is 10.8. The lowest BCUT2D eigenvalue weighted by atomic mass is 10.0. The zero-order valence-electron chi connectivity index (χ0n) is 25.9. The molecule has 5 aromatic rings. The highest BCUT2D eigenvalue weighted by Crippen LogP contribution is 2.19. The Bertz CT molecular complexity index is 1840. The van der Waals surface area contributed by atoms with Crippen molar-refractivity contribution in [3.63, 3.8) is 0 Å². The van der Waals surface area contributed by atoms with Crippen molar-refractivity contribution < 1.29 is 29.4 Å². The molecule has 13 nitrogen and oxygen atoms in total. The number of carboxylic acids is 1. The minimum absolute atomic E-state index is 0.0157. The molecule has 0 spiro atoms. The van der Waals surface area contributed by atoms with Gasteiger partial charge >= 0.3 is 5.97 Å². The maximum atomic E-state index is 13.9. The molecule has 3 aromatic carbocycles. The van der Waals surface area contributed by atoms with E-state index in [0.29, 0.717) is 16.8 Å². The molecule has 248 valence electrons. The standard InChI is InChI=1S/C35H37N7O6/c36-27(16-23-18-38-28-9-5-4-8-26(23)28)32(44)40-29(14-22-10-12-25(43)13-11-22)33(45)41-30(17-24-19-37-20-39-24)34(46)42-31(35(47)48)15-21-6-2-1-3-7-21/h1-13,18-20,27,29-31,38,43H,14-17,36H2,(H,37,39)(H,40,44)(H,41,45)(H,42,46)(H,47,48). The van der Waals surface area contributed by atoms with Crippen molar-refractivity contribution in [3.05, 3.63) is 120 Å². The van der Waals surface area contributed by atoms with Crippen molar-refractivity contribution in [3.8, 4) is 5.75 Å². The molecule has 4 unspecified atom stereocenters. The molecular weight excluding hydrogens is 614 g/mol. The van der Waals surface area contributed by atoms with E-state index in [9.17, 15) is 29.4 Å². The van der Waals surface area contributed by atoms with Gasteiger partial charge in [0.15, 0.2) is 0 Å². The van der Waals surface area contributed by atoms with E-state index in [2.05, 4.69) is 30.9 Å². The molecule has 9 N–H and O–H groups in total. The lowest BCUT2D eigenvalue weighted by molar-refractivity contribution is -0.142. The van der Waals surface area contributed by atoms with E-state index in [1.807, 2.05) is 24.3 Å². The van der Waals surface area contributed by atoms with Crippen LogP contribution in [0.4, 0.5) is 0 Å². The number of phenolic OH excluding ortho intramolecular Hbond substituents is 1. The number of nitrogens with zero attached hydrogens (tertiary/aromatic N) is 1. The highest BCUT2D eigenvalue weighted by Gasteiger charge is 2.31. The summed E-state index contributed by atoms with van der Waals surface area (Å²) in [4.78, 5) is 63.0. The van der Waals surface area contributed by atoms with E-state index in [1.165, 1.54) is 24.7 Å². The minimum Gasteiger partial charge on any atom is -0.508 e. The van der Waals surface area contributed by atoms with Gasteiger partial charge in [-0.2, -0.15) is 0 Å². The molecule has 4 atom stereocenters. The van der Waals surface area contributed by atoms with Gasteiger partial charge in [0, 0.05) is 48.3 Å². The largest absolute Gasteiger partial charge is 0.508 e. The predicted molar refractivity (Wildman–Crippen MR) is 178 cm³/mol. The fourth-order valence-electron chi connectivity index (χ4n) is 5.41. The molecule has 2 aromatic heterocycles. The molecule has 0 fully saturated rings. The summed E-state index contributed by atoms with van der Waals surface area (Å²) in [6, 6.07) is 18.0. The number of nitrogens with one attached hydrogen (secondary N) is 5. The van der Waals surface area contributed by atoms with Crippen LogP contribution in [-0.2, 0) is 44.9 Å². The van der Waals surface area contributed by atoms with Crippen LogP contribution in [0.3, 0.4) is 0 Å². The average Bonchev–Trinajstić information content (AvgIpc) is 3.75. The Hall–Kier alpha value is -5.95. The Morgan fingerprint density at radius 2 is 1.31 bits per heavy atom. The van der Waals surface area contributed by atoms with E-state index >= 15 is 0 Å². The van der Waals surface area contributed by atoms with Gasteiger partial charge in [-0.25, -0.2) is 9.78 Å². The Morgan fingerprint density at radius 1 is 0.708 bits per heavy atom. The summed E-state index contributed by atoms with van der Waals surface area (Å²) in [5, 5.41) is 28.6. The molecule has 0 saturated heterocycles. The quantitative estimate of drug-likeness (QED) is 0.0832. The van der Waals surface area contributed by atoms with E-state index in [1.54, 1.807) is 48.7 Å². The van der Waals surface area contributed by atoms with Gasteiger partial charge in [-0.15, -0.1) is 0 Å². The summed E-state index contributed by atoms with van der Waals surface area (Å²) in [6.45, 7) is 0. The second-order valence-electron chi connectivity index (χ2n) is 11.5. The summed E-state index contributed by atoms with van der Waals surface area (Å²) in [5.74, 6) is -3.20. The number of aromatic nitrogens is 3. The van der Waals surface area contributed by atoms with E-state index < -0.39 is 47.9 Å². The number of aromatic hydroxyl groups is 1. The monoisotopic (exact) mass is 651 g/mol. The molecule has 0 radical (unpaired) electrons. The first-order chi connectivity index (χ1) is 23.2. The van der Waals surface area contributed by atoms with Crippen molar-refractivity contribution in [2.45, 2.75) is 49.9 Å². The normalized spacial score (nSPS) is 13.6.